The Hall–Kier alpha value is -4.35. The molecule has 0 aliphatic carbocycles. The van der Waals surface area contributed by atoms with Gasteiger partial charge in [-0.25, -0.2) is 16.8 Å². The standard InChI is InChI=1S/C33H27ClN6O11S3.Na/c1-18-15-24(26(50-2)17-28(18)52(42,43)14-13-51-54(47,48)49)35-33-37-31(36-32(34)38-33)22-16-25(30(41)21-10-4-3-9-20(21)22)40-39-23-11-5-7-19-8-6-12-27(29(19)23)53(44,45)46;/h3-12,15-17,41H,13-14H2,1-2H3,(H,44,45,46)(H,47,48,49)(H,35,36,37,38);/q;+1/p-1. The first-order chi connectivity index (χ1) is 25.4. The average Bonchev–Trinajstić information content (AvgIpc) is 3.10. The van der Waals surface area contributed by atoms with Crippen LogP contribution in [0.2, 0.25) is 5.28 Å². The van der Waals surface area contributed by atoms with Crippen LogP contribution in [0.4, 0.5) is 23.0 Å². The summed E-state index contributed by atoms with van der Waals surface area (Å²) in [6.07, 6.45) is 0. The summed E-state index contributed by atoms with van der Waals surface area (Å²) in [4.78, 5) is 12.4. The molecule has 0 saturated carbocycles. The summed E-state index contributed by atoms with van der Waals surface area (Å²) in [6.45, 7) is 0.601. The predicted octanol–water partition coefficient (Wildman–Crippen LogP) is 3.18. The Balaban J connectivity index is 0.00000580. The van der Waals surface area contributed by atoms with Gasteiger partial charge in [0.15, 0.2) is 21.4 Å². The van der Waals surface area contributed by atoms with E-state index in [9.17, 15) is 39.5 Å². The fourth-order valence-electron chi connectivity index (χ4n) is 5.57. The van der Waals surface area contributed by atoms with Crippen LogP contribution >= 0.6 is 11.6 Å². The van der Waals surface area contributed by atoms with Crippen molar-refractivity contribution >= 4 is 86.5 Å². The number of anilines is 2. The number of halogens is 1. The third-order valence-electron chi connectivity index (χ3n) is 7.89. The van der Waals surface area contributed by atoms with Crippen LogP contribution < -0.4 is 39.6 Å². The summed E-state index contributed by atoms with van der Waals surface area (Å²) in [6, 6.07) is 19.9. The number of nitrogens with one attached hydrogen (secondary N) is 1. The molecule has 0 saturated heterocycles. The fourth-order valence-corrected chi connectivity index (χ4v) is 8.22. The van der Waals surface area contributed by atoms with Gasteiger partial charge >= 0.3 is 29.6 Å². The molecule has 1 aromatic heterocycles. The van der Waals surface area contributed by atoms with Gasteiger partial charge in [0, 0.05) is 22.4 Å². The number of azo groups is 1. The Morgan fingerprint density at radius 3 is 2.20 bits per heavy atom. The molecular formula is C33H26ClN6NaO11S3. The number of nitrogens with zero attached hydrogens (tertiary/aromatic N) is 5. The van der Waals surface area contributed by atoms with Crippen LogP contribution in [0.1, 0.15) is 5.56 Å². The van der Waals surface area contributed by atoms with Gasteiger partial charge < -0.3 is 19.7 Å². The van der Waals surface area contributed by atoms with Crippen molar-refractivity contribution in [3.63, 3.8) is 0 Å². The largest absolute Gasteiger partial charge is 1.00 e. The number of hydrogen-bond donors (Lipinski definition) is 3. The number of methoxy groups -OCH3 is 1. The van der Waals surface area contributed by atoms with E-state index in [4.69, 9.17) is 16.3 Å². The molecule has 3 N–H and O–H groups in total. The van der Waals surface area contributed by atoms with Crippen molar-refractivity contribution in [2.45, 2.75) is 16.7 Å². The zero-order chi connectivity index (χ0) is 39.0. The molecule has 17 nitrogen and oxygen atoms in total. The first-order valence-corrected chi connectivity index (χ1v) is 20.1. The number of aryl methyl sites for hydroxylation is 1. The summed E-state index contributed by atoms with van der Waals surface area (Å²) < 4.78 is 102. The second kappa shape index (κ2) is 16.4. The van der Waals surface area contributed by atoms with E-state index in [0.717, 1.165) is 0 Å². The smallest absolute Gasteiger partial charge is 0.726 e. The van der Waals surface area contributed by atoms with E-state index >= 15 is 0 Å². The maximum absolute atomic E-state index is 13.0. The Bertz CT molecular complexity index is 2840. The number of fused-ring (bicyclic) bond motifs is 2. The molecular weight excluding hydrogens is 811 g/mol. The van der Waals surface area contributed by atoms with Crippen LogP contribution in [0.3, 0.4) is 0 Å². The molecule has 0 radical (unpaired) electrons. The van der Waals surface area contributed by atoms with E-state index in [1.807, 2.05) is 0 Å². The monoisotopic (exact) mass is 836 g/mol. The molecule has 1 heterocycles. The number of rotatable bonds is 12. The van der Waals surface area contributed by atoms with E-state index < -0.39 is 42.7 Å². The van der Waals surface area contributed by atoms with Gasteiger partial charge in [0.1, 0.15) is 16.3 Å². The Kier molecular flexibility index (Phi) is 12.5. The number of phenols is 1. The van der Waals surface area contributed by atoms with E-state index in [2.05, 4.69) is 34.7 Å². The van der Waals surface area contributed by atoms with Crippen molar-refractivity contribution in [3.8, 4) is 22.9 Å². The van der Waals surface area contributed by atoms with Gasteiger partial charge in [-0.2, -0.15) is 23.4 Å². The molecule has 0 unspecified atom stereocenters. The van der Waals surface area contributed by atoms with Gasteiger partial charge in [0.05, 0.1) is 35.7 Å². The minimum absolute atomic E-state index is 0. The predicted molar refractivity (Wildman–Crippen MR) is 196 cm³/mol. The molecule has 22 heteroatoms. The number of phenolic OH excluding ortho intramolecular Hbond substituents is 1. The number of aromatic hydroxyl groups is 1. The quantitative estimate of drug-likeness (QED) is 0.0692. The van der Waals surface area contributed by atoms with Crippen molar-refractivity contribution in [2.24, 2.45) is 10.2 Å². The van der Waals surface area contributed by atoms with Crippen LogP contribution in [0, 0.1) is 6.92 Å². The summed E-state index contributed by atoms with van der Waals surface area (Å²) in [5.41, 5.74) is 0.802. The van der Waals surface area contributed by atoms with Gasteiger partial charge in [-0.3, -0.25) is 8.74 Å². The van der Waals surface area contributed by atoms with Crippen LogP contribution in [-0.2, 0) is 34.5 Å². The van der Waals surface area contributed by atoms with Gasteiger partial charge in [-0.15, -0.1) is 10.2 Å². The zero-order valence-corrected chi connectivity index (χ0v) is 34.0. The first-order valence-electron chi connectivity index (χ1n) is 15.3. The number of benzene rings is 5. The summed E-state index contributed by atoms with van der Waals surface area (Å²) in [5, 5.41) is 23.8. The third kappa shape index (κ3) is 9.38. The molecule has 0 spiro atoms. The van der Waals surface area contributed by atoms with Crippen LogP contribution in [0.25, 0.3) is 32.9 Å². The molecule has 0 atom stereocenters. The maximum atomic E-state index is 13.0. The third-order valence-corrected chi connectivity index (χ3v) is 11.2. The van der Waals surface area contributed by atoms with E-state index in [-0.39, 0.29) is 95.9 Å². The maximum Gasteiger partial charge on any atom is 1.00 e. The molecule has 0 amide bonds. The summed E-state index contributed by atoms with van der Waals surface area (Å²) in [5.74, 6) is -1.11. The topological polar surface area (TPSA) is 260 Å². The Morgan fingerprint density at radius 2 is 1.53 bits per heavy atom. The molecule has 0 aliphatic heterocycles. The van der Waals surface area contributed by atoms with Crippen molar-refractivity contribution in [2.75, 3.05) is 24.8 Å². The number of aromatic nitrogens is 3. The number of sulfone groups is 1. The van der Waals surface area contributed by atoms with Crippen molar-refractivity contribution in [3.05, 3.63) is 89.7 Å². The van der Waals surface area contributed by atoms with Gasteiger partial charge in [-0.05, 0) is 59.1 Å². The first kappa shape index (κ1) is 41.8. The Morgan fingerprint density at radius 1 is 0.855 bits per heavy atom. The van der Waals surface area contributed by atoms with Crippen molar-refractivity contribution in [1.29, 1.82) is 0 Å². The van der Waals surface area contributed by atoms with E-state index in [0.29, 0.717) is 21.7 Å². The second-order valence-electron chi connectivity index (χ2n) is 11.4. The average molecular weight is 837 g/mol. The minimum atomic E-state index is -5.09. The molecule has 0 bridgehead atoms. The van der Waals surface area contributed by atoms with Crippen LogP contribution in [-0.4, -0.2) is 73.9 Å². The van der Waals surface area contributed by atoms with Gasteiger partial charge in [0.2, 0.25) is 21.6 Å². The van der Waals surface area contributed by atoms with Crippen LogP contribution in [0.5, 0.6) is 11.5 Å². The summed E-state index contributed by atoms with van der Waals surface area (Å²) in [7, 11) is -12.6. The minimum Gasteiger partial charge on any atom is -0.726 e. The molecule has 6 aromatic rings. The SMILES string of the molecule is COc1cc(S(=O)(=O)CCOS(=O)(=O)[O-])c(C)cc1Nc1nc(Cl)nc(-c2cc(N=Nc3cccc4cccc(S(=O)(=O)O)c34)c(O)c3ccccc23)n1.[Na+]. The van der Waals surface area contributed by atoms with Gasteiger partial charge in [0.25, 0.3) is 10.1 Å². The van der Waals surface area contributed by atoms with E-state index in [1.165, 1.54) is 50.4 Å². The molecule has 0 fully saturated rings. The summed E-state index contributed by atoms with van der Waals surface area (Å²) >= 11 is 6.36. The van der Waals surface area contributed by atoms with Crippen molar-refractivity contribution < 1.29 is 77.9 Å². The number of hydrogen-bond acceptors (Lipinski definition) is 16. The molecule has 280 valence electrons. The molecule has 6 rings (SSSR count). The normalized spacial score (nSPS) is 12.2. The van der Waals surface area contributed by atoms with E-state index in [1.54, 1.807) is 42.5 Å². The fraction of sp³-hybridized carbons (Fsp3) is 0.121. The molecule has 55 heavy (non-hydrogen) atoms. The number of ether oxygens (including phenoxy) is 1. The second-order valence-corrected chi connectivity index (χ2v) is 16.2. The van der Waals surface area contributed by atoms with Gasteiger partial charge in [-0.1, -0.05) is 48.5 Å². The van der Waals surface area contributed by atoms with Crippen LogP contribution in [0.15, 0.2) is 98.9 Å². The molecule has 5 aromatic carbocycles. The molecule has 0 aliphatic rings. The zero-order valence-electron chi connectivity index (χ0n) is 28.8. The Labute approximate surface area is 341 Å². The van der Waals surface area contributed by atoms with Crippen molar-refractivity contribution in [1.82, 2.24) is 15.0 Å².